The normalized spacial score (nSPS) is 16.0. The van der Waals surface area contributed by atoms with Gasteiger partial charge in [-0.25, -0.2) is 0 Å². The van der Waals surface area contributed by atoms with Gasteiger partial charge in [0, 0.05) is 17.2 Å². The third-order valence-corrected chi connectivity index (χ3v) is 3.61. The summed E-state index contributed by atoms with van der Waals surface area (Å²) in [4.78, 5) is 10.5. The lowest BCUT2D eigenvalue weighted by Gasteiger charge is -2.10. The minimum Gasteiger partial charge on any atom is -0.484 e. The molecule has 0 saturated carbocycles. The van der Waals surface area contributed by atoms with Crippen molar-refractivity contribution in [3.05, 3.63) is 56.6 Å². The van der Waals surface area contributed by atoms with Crippen LogP contribution in [0.2, 0.25) is 10.0 Å². The van der Waals surface area contributed by atoms with E-state index in [4.69, 9.17) is 37.4 Å². The van der Waals surface area contributed by atoms with Gasteiger partial charge in [-0.1, -0.05) is 23.2 Å². The first kappa shape index (κ1) is 15.9. The van der Waals surface area contributed by atoms with Gasteiger partial charge in [0.15, 0.2) is 0 Å². The second-order valence-corrected chi connectivity index (χ2v) is 5.67. The van der Waals surface area contributed by atoms with Gasteiger partial charge in [0.1, 0.15) is 24.2 Å². The van der Waals surface area contributed by atoms with Gasteiger partial charge in [0.2, 0.25) is 5.75 Å². The quantitative estimate of drug-likeness (QED) is 0.434. The van der Waals surface area contributed by atoms with E-state index >= 15 is 0 Å². The highest BCUT2D eigenvalue weighted by Gasteiger charge is 2.25. The maximum Gasteiger partial charge on any atom is 0.311 e. The van der Waals surface area contributed by atoms with E-state index in [1.54, 1.807) is 18.2 Å². The number of nitro groups is 1. The van der Waals surface area contributed by atoms with E-state index in [1.807, 2.05) is 0 Å². The Hall–Kier alpha value is -2.02. The van der Waals surface area contributed by atoms with Gasteiger partial charge in [-0.3, -0.25) is 10.1 Å². The van der Waals surface area contributed by atoms with Crippen molar-refractivity contribution >= 4 is 28.9 Å². The van der Waals surface area contributed by atoms with E-state index in [0.717, 1.165) is 0 Å². The van der Waals surface area contributed by atoms with E-state index in [1.165, 1.54) is 18.2 Å². The molecule has 0 aliphatic carbocycles. The number of ether oxygens (including phenoxy) is 3. The molecule has 0 spiro atoms. The molecule has 1 heterocycles. The number of nitrogens with zero attached hydrogens (tertiary/aromatic N) is 1. The van der Waals surface area contributed by atoms with Crippen LogP contribution in [0.5, 0.6) is 17.2 Å². The number of benzene rings is 2. The number of rotatable bonds is 6. The lowest BCUT2D eigenvalue weighted by molar-refractivity contribution is -0.385. The lowest BCUT2D eigenvalue weighted by atomic mass is 10.2. The van der Waals surface area contributed by atoms with Crippen molar-refractivity contribution < 1.29 is 19.1 Å². The SMILES string of the molecule is O=[N+]([O-])c1ccc(Oc2ccc(Cl)cc2Cl)cc1OCC1CO1. The van der Waals surface area contributed by atoms with Crippen LogP contribution in [0.3, 0.4) is 0 Å². The zero-order valence-electron chi connectivity index (χ0n) is 11.7. The van der Waals surface area contributed by atoms with Crippen LogP contribution in [-0.4, -0.2) is 24.2 Å². The minimum absolute atomic E-state index is 0.00936. The fourth-order valence-corrected chi connectivity index (χ4v) is 2.30. The van der Waals surface area contributed by atoms with Gasteiger partial charge in [0.05, 0.1) is 16.6 Å². The Balaban J connectivity index is 1.83. The summed E-state index contributed by atoms with van der Waals surface area (Å²) in [7, 11) is 0. The van der Waals surface area contributed by atoms with E-state index in [-0.39, 0.29) is 24.1 Å². The molecule has 2 aromatic carbocycles. The molecule has 6 nitrogen and oxygen atoms in total. The van der Waals surface area contributed by atoms with Crippen molar-refractivity contribution in [3.63, 3.8) is 0 Å². The molecule has 1 atom stereocenters. The Kier molecular flexibility index (Phi) is 4.56. The summed E-state index contributed by atoms with van der Waals surface area (Å²) < 4.78 is 16.1. The topological polar surface area (TPSA) is 74.1 Å². The van der Waals surface area contributed by atoms with Crippen LogP contribution in [0.15, 0.2) is 36.4 Å². The van der Waals surface area contributed by atoms with Gasteiger partial charge < -0.3 is 14.2 Å². The summed E-state index contributed by atoms with van der Waals surface area (Å²) in [5.41, 5.74) is -0.139. The fourth-order valence-electron chi connectivity index (χ4n) is 1.86. The Morgan fingerprint density at radius 2 is 2.00 bits per heavy atom. The van der Waals surface area contributed by atoms with Crippen molar-refractivity contribution in [1.29, 1.82) is 0 Å². The zero-order chi connectivity index (χ0) is 16.4. The monoisotopic (exact) mass is 355 g/mol. The molecule has 1 aliphatic heterocycles. The number of epoxide rings is 1. The molecule has 3 rings (SSSR count). The molecule has 23 heavy (non-hydrogen) atoms. The highest BCUT2D eigenvalue weighted by atomic mass is 35.5. The second-order valence-electron chi connectivity index (χ2n) is 4.83. The summed E-state index contributed by atoms with van der Waals surface area (Å²) in [6.07, 6.45) is -0.00936. The lowest BCUT2D eigenvalue weighted by Crippen LogP contribution is -2.06. The number of halogens is 2. The minimum atomic E-state index is -0.512. The molecule has 0 radical (unpaired) electrons. The first-order valence-electron chi connectivity index (χ1n) is 6.68. The van der Waals surface area contributed by atoms with E-state index in [9.17, 15) is 10.1 Å². The molecular formula is C15H11Cl2NO5. The second kappa shape index (κ2) is 6.62. The molecule has 8 heteroatoms. The van der Waals surface area contributed by atoms with Crippen LogP contribution < -0.4 is 9.47 Å². The molecule has 120 valence electrons. The van der Waals surface area contributed by atoms with Crippen LogP contribution >= 0.6 is 23.2 Å². The Morgan fingerprint density at radius 1 is 1.22 bits per heavy atom. The number of hydrogen-bond acceptors (Lipinski definition) is 5. The molecule has 0 aromatic heterocycles. The molecule has 0 bridgehead atoms. The Bertz CT molecular complexity index is 749. The summed E-state index contributed by atoms with van der Waals surface area (Å²) in [6, 6.07) is 9.05. The molecule has 1 unspecified atom stereocenters. The first-order chi connectivity index (χ1) is 11.0. The van der Waals surface area contributed by atoms with E-state index in [0.29, 0.717) is 28.2 Å². The van der Waals surface area contributed by atoms with Crippen molar-refractivity contribution in [2.24, 2.45) is 0 Å². The molecule has 0 N–H and O–H groups in total. The predicted molar refractivity (Wildman–Crippen MR) is 84.9 cm³/mol. The third-order valence-electron chi connectivity index (χ3n) is 3.08. The molecule has 1 aliphatic rings. The maximum atomic E-state index is 11.1. The van der Waals surface area contributed by atoms with Crippen molar-refractivity contribution in [2.75, 3.05) is 13.2 Å². The van der Waals surface area contributed by atoms with Gasteiger partial charge in [-0.2, -0.15) is 0 Å². The molecule has 1 saturated heterocycles. The van der Waals surface area contributed by atoms with Crippen LogP contribution in [0.25, 0.3) is 0 Å². The fraction of sp³-hybridized carbons (Fsp3) is 0.200. The third kappa shape index (κ3) is 4.04. The molecule has 0 amide bonds. The number of hydrogen-bond donors (Lipinski definition) is 0. The van der Waals surface area contributed by atoms with Crippen LogP contribution in [-0.2, 0) is 4.74 Å². The Morgan fingerprint density at radius 3 is 2.65 bits per heavy atom. The van der Waals surface area contributed by atoms with Gasteiger partial charge in [-0.15, -0.1) is 0 Å². The number of nitro benzene ring substituents is 1. The molecule has 2 aromatic rings. The zero-order valence-corrected chi connectivity index (χ0v) is 13.2. The summed E-state index contributed by atoms with van der Waals surface area (Å²) >= 11 is 11.9. The summed E-state index contributed by atoms with van der Waals surface area (Å²) in [5.74, 6) is 0.876. The van der Waals surface area contributed by atoms with E-state index < -0.39 is 4.92 Å². The Labute approximate surface area is 141 Å². The average Bonchev–Trinajstić information content (AvgIpc) is 3.32. The maximum absolute atomic E-state index is 11.1. The smallest absolute Gasteiger partial charge is 0.311 e. The van der Waals surface area contributed by atoms with Crippen molar-refractivity contribution in [1.82, 2.24) is 0 Å². The summed E-state index contributed by atoms with van der Waals surface area (Å²) in [5, 5.41) is 11.9. The first-order valence-corrected chi connectivity index (χ1v) is 7.44. The van der Waals surface area contributed by atoms with Crippen molar-refractivity contribution in [3.8, 4) is 17.2 Å². The summed E-state index contributed by atoms with van der Waals surface area (Å²) in [6.45, 7) is 0.858. The highest BCUT2D eigenvalue weighted by molar-refractivity contribution is 6.35. The van der Waals surface area contributed by atoms with Gasteiger partial charge in [0.25, 0.3) is 0 Å². The standard InChI is InChI=1S/C15H11Cl2NO5/c16-9-1-4-14(12(17)5-9)23-10-2-3-13(18(19)20)15(6-10)22-8-11-7-21-11/h1-6,11H,7-8H2. The van der Waals surface area contributed by atoms with Gasteiger partial charge >= 0.3 is 5.69 Å². The largest absolute Gasteiger partial charge is 0.484 e. The molecular weight excluding hydrogens is 345 g/mol. The van der Waals surface area contributed by atoms with Crippen LogP contribution in [0, 0.1) is 10.1 Å². The van der Waals surface area contributed by atoms with Crippen molar-refractivity contribution in [2.45, 2.75) is 6.10 Å². The highest BCUT2D eigenvalue weighted by Crippen LogP contribution is 2.36. The average molecular weight is 356 g/mol. The predicted octanol–water partition coefficient (Wildman–Crippen LogP) is 4.47. The van der Waals surface area contributed by atoms with Crippen LogP contribution in [0.4, 0.5) is 5.69 Å². The molecule has 1 fully saturated rings. The van der Waals surface area contributed by atoms with E-state index in [2.05, 4.69) is 0 Å². The van der Waals surface area contributed by atoms with Gasteiger partial charge in [-0.05, 0) is 24.3 Å². The van der Waals surface area contributed by atoms with Crippen LogP contribution in [0.1, 0.15) is 0 Å².